The Kier molecular flexibility index (Phi) is 7.45. The van der Waals surface area contributed by atoms with Gasteiger partial charge in [0, 0.05) is 30.4 Å². The van der Waals surface area contributed by atoms with Crippen molar-refractivity contribution in [1.29, 1.82) is 0 Å². The first-order valence-corrected chi connectivity index (χ1v) is 8.76. The van der Waals surface area contributed by atoms with E-state index < -0.39 is 11.6 Å². The summed E-state index contributed by atoms with van der Waals surface area (Å²) in [6.07, 6.45) is 0. The Hall–Kier alpha value is -3.00. The van der Waals surface area contributed by atoms with E-state index in [4.69, 9.17) is 4.74 Å². The molecule has 6 nitrogen and oxygen atoms in total. The molecule has 28 heavy (non-hydrogen) atoms. The van der Waals surface area contributed by atoms with Gasteiger partial charge in [-0.05, 0) is 31.2 Å². The van der Waals surface area contributed by atoms with E-state index in [9.17, 15) is 18.4 Å². The molecule has 2 aromatic carbocycles. The van der Waals surface area contributed by atoms with Crippen LogP contribution >= 0.6 is 0 Å². The Bertz CT molecular complexity index is 845. The lowest BCUT2D eigenvalue weighted by Gasteiger charge is -2.18. The van der Waals surface area contributed by atoms with Crippen LogP contribution in [0.5, 0.6) is 5.75 Å². The van der Waals surface area contributed by atoms with Crippen molar-refractivity contribution in [1.82, 2.24) is 4.90 Å². The minimum atomic E-state index is -0.651. The summed E-state index contributed by atoms with van der Waals surface area (Å²) in [5.41, 5.74) is 0.879. The maximum absolute atomic E-state index is 13.8. The summed E-state index contributed by atoms with van der Waals surface area (Å²) in [5.74, 6) is -1.32. The first-order valence-electron chi connectivity index (χ1n) is 8.76. The van der Waals surface area contributed by atoms with Crippen LogP contribution in [0.3, 0.4) is 0 Å². The molecule has 0 aromatic heterocycles. The van der Waals surface area contributed by atoms with E-state index in [0.717, 1.165) is 6.07 Å². The lowest BCUT2D eigenvalue weighted by Crippen LogP contribution is -2.87. The lowest BCUT2D eigenvalue weighted by atomic mass is 10.1. The zero-order valence-corrected chi connectivity index (χ0v) is 16.0. The number of hydrogen-bond donors (Lipinski definition) is 2. The molecule has 150 valence electrons. The molecular weight excluding hydrogens is 368 g/mol. The number of nitrogens with zero attached hydrogens (tertiary/aromatic N) is 1. The Labute approximate surface area is 162 Å². The van der Waals surface area contributed by atoms with Gasteiger partial charge in [0.25, 0.3) is 5.91 Å². The maximum atomic E-state index is 13.8. The molecule has 0 spiro atoms. The van der Waals surface area contributed by atoms with E-state index in [-0.39, 0.29) is 30.9 Å². The highest BCUT2D eigenvalue weighted by atomic mass is 19.1. The number of carbonyl (C=O) groups is 2. The van der Waals surface area contributed by atoms with Crippen LogP contribution in [0.4, 0.5) is 14.5 Å². The van der Waals surface area contributed by atoms with E-state index in [1.165, 1.54) is 31.2 Å². The summed E-state index contributed by atoms with van der Waals surface area (Å²) in [7, 11) is 3.05. The molecule has 0 saturated carbocycles. The molecule has 0 fully saturated rings. The van der Waals surface area contributed by atoms with Gasteiger partial charge in [0.05, 0.1) is 13.7 Å². The number of nitrogens with two attached hydrogens (primary N) is 1. The van der Waals surface area contributed by atoms with Gasteiger partial charge in [0.15, 0.2) is 6.54 Å². The van der Waals surface area contributed by atoms with Gasteiger partial charge in [-0.3, -0.25) is 9.59 Å². The predicted octanol–water partition coefficient (Wildman–Crippen LogP) is 1.69. The molecule has 2 amide bonds. The number of rotatable bonds is 8. The van der Waals surface area contributed by atoms with Crippen LogP contribution in [0.15, 0.2) is 42.5 Å². The number of methoxy groups -OCH3 is 1. The molecule has 0 unspecified atom stereocenters. The fourth-order valence-corrected chi connectivity index (χ4v) is 2.64. The maximum Gasteiger partial charge on any atom is 0.277 e. The molecule has 0 aliphatic carbocycles. The minimum Gasteiger partial charge on any atom is -0.497 e. The highest BCUT2D eigenvalue weighted by molar-refractivity contribution is 5.94. The lowest BCUT2D eigenvalue weighted by molar-refractivity contribution is -0.683. The van der Waals surface area contributed by atoms with Crippen molar-refractivity contribution in [3.05, 3.63) is 59.7 Å². The molecule has 8 heteroatoms. The van der Waals surface area contributed by atoms with E-state index in [0.29, 0.717) is 17.0 Å². The summed E-state index contributed by atoms with van der Waals surface area (Å²) in [6, 6.07) is 9.88. The molecular formula is C20H24F2N3O3+. The molecule has 0 aliphatic rings. The Morgan fingerprint density at radius 1 is 1.21 bits per heavy atom. The quantitative estimate of drug-likeness (QED) is 0.718. The monoisotopic (exact) mass is 392 g/mol. The van der Waals surface area contributed by atoms with E-state index in [1.54, 1.807) is 36.5 Å². The van der Waals surface area contributed by atoms with E-state index in [1.807, 2.05) is 0 Å². The van der Waals surface area contributed by atoms with Gasteiger partial charge in [-0.15, -0.1) is 0 Å². The summed E-state index contributed by atoms with van der Waals surface area (Å²) in [4.78, 5) is 25.7. The predicted molar refractivity (Wildman–Crippen MR) is 101 cm³/mol. The number of anilines is 1. The second-order valence-corrected chi connectivity index (χ2v) is 6.42. The number of halogens is 2. The molecule has 0 bridgehead atoms. The van der Waals surface area contributed by atoms with Gasteiger partial charge >= 0.3 is 0 Å². The van der Waals surface area contributed by atoms with E-state index >= 15 is 0 Å². The fraction of sp³-hybridized carbons (Fsp3) is 0.300. The van der Waals surface area contributed by atoms with Crippen molar-refractivity contribution in [2.24, 2.45) is 0 Å². The summed E-state index contributed by atoms with van der Waals surface area (Å²) in [6.45, 7) is 1.63. The van der Waals surface area contributed by atoms with Crippen molar-refractivity contribution in [2.45, 2.75) is 13.0 Å². The molecule has 0 heterocycles. The topological polar surface area (TPSA) is 75.2 Å². The fourth-order valence-electron chi connectivity index (χ4n) is 2.64. The third-order valence-corrected chi connectivity index (χ3v) is 4.26. The Morgan fingerprint density at radius 2 is 1.96 bits per heavy atom. The van der Waals surface area contributed by atoms with Crippen LogP contribution in [0.25, 0.3) is 0 Å². The van der Waals surface area contributed by atoms with Crippen molar-refractivity contribution < 1.29 is 28.4 Å². The number of nitrogens with one attached hydrogen (secondary N) is 1. The number of carbonyl (C=O) groups excluding carboxylic acids is 2. The first kappa shape index (κ1) is 21.3. The number of ether oxygens (including phenoxy) is 1. The average Bonchev–Trinajstić information content (AvgIpc) is 2.65. The SMILES string of the molecule is COc1cccc(NC(=O)CN(C)C(=O)C[NH2+][C@H](C)c2ccc(F)cc2F)c1. The highest BCUT2D eigenvalue weighted by Crippen LogP contribution is 2.16. The smallest absolute Gasteiger partial charge is 0.277 e. The van der Waals surface area contributed by atoms with Crippen molar-refractivity contribution in [3.8, 4) is 5.75 Å². The summed E-state index contributed by atoms with van der Waals surface area (Å²) >= 11 is 0. The summed E-state index contributed by atoms with van der Waals surface area (Å²) < 4.78 is 31.9. The van der Waals surface area contributed by atoms with Crippen LogP contribution in [0, 0.1) is 11.6 Å². The molecule has 1 atom stereocenters. The van der Waals surface area contributed by atoms with Gasteiger partial charge in [-0.1, -0.05) is 6.07 Å². The second-order valence-electron chi connectivity index (χ2n) is 6.42. The van der Waals surface area contributed by atoms with Gasteiger partial charge in [-0.2, -0.15) is 0 Å². The minimum absolute atomic E-state index is 0.0287. The number of benzene rings is 2. The first-order chi connectivity index (χ1) is 13.3. The molecule has 2 rings (SSSR count). The number of amides is 2. The third kappa shape index (κ3) is 6.02. The van der Waals surface area contributed by atoms with Gasteiger partial charge in [0.2, 0.25) is 5.91 Å². The molecule has 0 radical (unpaired) electrons. The summed E-state index contributed by atoms with van der Waals surface area (Å²) in [5, 5.41) is 4.33. The highest BCUT2D eigenvalue weighted by Gasteiger charge is 2.19. The standard InChI is InChI=1S/C20H23F2N3O3/c1-13(17-8-7-14(21)9-18(17)22)23-11-20(27)25(2)12-19(26)24-15-5-4-6-16(10-15)28-3/h4-10,13,23H,11-12H2,1-3H3,(H,24,26)/p+1/t13-/m1/s1. The number of likely N-dealkylation sites (N-methyl/N-ethyl adjacent to an activating group) is 1. The largest absolute Gasteiger partial charge is 0.497 e. The van der Waals surface area contributed by atoms with Crippen molar-refractivity contribution >= 4 is 17.5 Å². The normalized spacial score (nSPS) is 11.6. The van der Waals surface area contributed by atoms with Crippen LogP contribution in [-0.2, 0) is 9.59 Å². The number of hydrogen-bond acceptors (Lipinski definition) is 3. The molecule has 3 N–H and O–H groups in total. The van der Waals surface area contributed by atoms with Crippen LogP contribution in [0.2, 0.25) is 0 Å². The van der Waals surface area contributed by atoms with Gasteiger partial charge in [-0.25, -0.2) is 8.78 Å². The zero-order valence-electron chi connectivity index (χ0n) is 16.0. The van der Waals surface area contributed by atoms with Crippen LogP contribution in [-0.4, -0.2) is 44.0 Å². The van der Waals surface area contributed by atoms with Gasteiger partial charge < -0.3 is 20.3 Å². The molecule has 0 saturated heterocycles. The van der Waals surface area contributed by atoms with Gasteiger partial charge in [0.1, 0.15) is 23.4 Å². The third-order valence-electron chi connectivity index (χ3n) is 4.26. The van der Waals surface area contributed by atoms with Crippen molar-refractivity contribution in [3.63, 3.8) is 0 Å². The second kappa shape index (κ2) is 9.80. The molecule has 2 aromatic rings. The Morgan fingerprint density at radius 3 is 2.64 bits per heavy atom. The van der Waals surface area contributed by atoms with Crippen molar-refractivity contribution in [2.75, 3.05) is 32.6 Å². The Balaban J connectivity index is 1.83. The van der Waals surface area contributed by atoms with Crippen LogP contribution < -0.4 is 15.4 Å². The average molecular weight is 392 g/mol. The number of quaternary nitrogens is 1. The molecule has 0 aliphatic heterocycles. The zero-order chi connectivity index (χ0) is 20.7. The van der Waals surface area contributed by atoms with E-state index in [2.05, 4.69) is 5.32 Å². The van der Waals surface area contributed by atoms with Crippen LogP contribution in [0.1, 0.15) is 18.5 Å².